The minimum Gasteiger partial charge on any atom is -0.412 e. The van der Waals surface area contributed by atoms with Gasteiger partial charge in [0, 0.05) is 28.3 Å². The number of aliphatic hydroxyl groups is 1. The largest absolute Gasteiger partial charge is 0.412 e. The molecule has 10 heavy (non-hydrogen) atoms. The zero-order valence-corrected chi connectivity index (χ0v) is 8.21. The van der Waals surface area contributed by atoms with Crippen LogP contribution in [0.4, 0.5) is 0 Å². The molecule has 5 N–H and O–H groups in total. The van der Waals surface area contributed by atoms with Gasteiger partial charge in [-0.05, 0) is 18.8 Å². The Balaban J connectivity index is -0.0000000600. The Morgan fingerprint density at radius 1 is 1.20 bits per heavy atom. The molecule has 0 saturated heterocycles. The maximum Gasteiger partial charge on any atom is 0.0431 e. The predicted octanol–water partition coefficient (Wildman–Crippen LogP) is -0.237. The molecule has 0 radical (unpaired) electrons. The van der Waals surface area contributed by atoms with Crippen molar-refractivity contribution in [1.82, 2.24) is 0 Å². The van der Waals surface area contributed by atoms with Gasteiger partial charge in [0.05, 0.1) is 0 Å². The van der Waals surface area contributed by atoms with Crippen molar-refractivity contribution in [3.05, 3.63) is 0 Å². The van der Waals surface area contributed by atoms with Gasteiger partial charge in [-0.25, -0.2) is 0 Å². The van der Waals surface area contributed by atoms with E-state index >= 15 is 0 Å². The van der Waals surface area contributed by atoms with Crippen molar-refractivity contribution in [3.8, 4) is 0 Å². The van der Waals surface area contributed by atoms with E-state index in [0.29, 0.717) is 6.61 Å². The first-order valence-electron chi connectivity index (χ1n) is 2.88. The maximum absolute atomic E-state index is 8.32. The van der Waals surface area contributed by atoms with Crippen LogP contribution in [0.5, 0.6) is 0 Å². The Morgan fingerprint density at radius 2 is 1.60 bits per heavy atom. The fourth-order valence-corrected chi connectivity index (χ4v) is 0.500. The second kappa shape index (κ2) is 16.3. The summed E-state index contributed by atoms with van der Waals surface area (Å²) < 4.78 is 0. The first-order chi connectivity index (χ1) is 3.27. The number of rotatable bonds is 3. The van der Waals surface area contributed by atoms with Gasteiger partial charge in [0.2, 0.25) is 0 Å². The molecule has 3 nitrogen and oxygen atoms in total. The minimum atomic E-state index is 0. The van der Waals surface area contributed by atoms with Crippen LogP contribution in [0, 0.1) is 5.92 Å². The van der Waals surface area contributed by atoms with E-state index in [0.717, 1.165) is 18.8 Å². The van der Waals surface area contributed by atoms with Crippen molar-refractivity contribution in [1.29, 1.82) is 0 Å². The molecule has 0 atom stereocenters. The molecule has 0 saturated carbocycles. The zero-order chi connectivity index (χ0) is 5.70. The smallest absolute Gasteiger partial charge is 0.0431 e. The van der Waals surface area contributed by atoms with E-state index in [9.17, 15) is 0 Å². The zero-order valence-electron chi connectivity index (χ0n) is 6.65. The Bertz CT molecular complexity index is 42.0. The van der Waals surface area contributed by atoms with E-state index in [4.69, 9.17) is 5.11 Å². The summed E-state index contributed by atoms with van der Waals surface area (Å²) in [4.78, 5) is 0. The van der Waals surface area contributed by atoms with Gasteiger partial charge in [0.15, 0.2) is 0 Å². The van der Waals surface area contributed by atoms with Gasteiger partial charge in [-0.3, -0.25) is 0 Å². The number of hydrogen-bond acceptors (Lipinski definition) is 1. The van der Waals surface area contributed by atoms with Gasteiger partial charge >= 0.3 is 0 Å². The van der Waals surface area contributed by atoms with Gasteiger partial charge in [-0.2, -0.15) is 0 Å². The summed E-state index contributed by atoms with van der Waals surface area (Å²) in [5.41, 5.74) is 0. The second-order valence-corrected chi connectivity index (χ2v) is 2.26. The van der Waals surface area contributed by atoms with Crippen LogP contribution >= 0.6 is 0 Å². The average Bonchev–Trinajstić information content (AvgIpc) is 1.61. The molecule has 0 aliphatic rings. The van der Waals surface area contributed by atoms with E-state index in [1.54, 1.807) is 0 Å². The molecule has 0 unspecified atom stereocenters. The summed E-state index contributed by atoms with van der Waals surface area (Å²) in [6.45, 7) is 4.67. The van der Waals surface area contributed by atoms with Gasteiger partial charge < -0.3 is 16.1 Å². The summed E-state index contributed by atoms with van der Waals surface area (Å²) >= 11 is 0. The Labute approximate surface area is 77.3 Å². The maximum atomic E-state index is 8.32. The molecule has 0 aromatic carbocycles. The van der Waals surface area contributed by atoms with Crippen molar-refractivity contribution in [2.45, 2.75) is 26.7 Å². The van der Waals surface area contributed by atoms with Gasteiger partial charge in [0.1, 0.15) is 0 Å². The predicted molar refractivity (Wildman–Crippen MR) is 38.4 cm³/mol. The van der Waals surface area contributed by atoms with E-state index in [1.165, 1.54) is 0 Å². The van der Waals surface area contributed by atoms with Crippen molar-refractivity contribution in [2.75, 3.05) is 6.61 Å². The number of hydrogen-bond donors (Lipinski definition) is 1. The molecule has 0 bridgehead atoms. The topological polar surface area (TPSA) is 83.2 Å². The molecule has 0 aliphatic carbocycles. The first-order valence-corrected chi connectivity index (χ1v) is 2.88. The van der Waals surface area contributed by atoms with Crippen LogP contribution in [-0.2, 0) is 21.7 Å². The van der Waals surface area contributed by atoms with Crippen molar-refractivity contribution in [3.63, 3.8) is 0 Å². The molecule has 0 heterocycles. The Hall–Kier alpha value is 0.594. The molecular formula is C6H18O3Ti. The van der Waals surface area contributed by atoms with Crippen LogP contribution in [0.15, 0.2) is 0 Å². The minimum absolute atomic E-state index is 0. The van der Waals surface area contributed by atoms with Crippen LogP contribution in [0.3, 0.4) is 0 Å². The van der Waals surface area contributed by atoms with E-state index in [-0.39, 0.29) is 32.7 Å². The summed E-state index contributed by atoms with van der Waals surface area (Å²) in [5, 5.41) is 8.32. The third kappa shape index (κ3) is 23.5. The molecule has 0 spiro atoms. The molecule has 0 aliphatic heterocycles. The summed E-state index contributed by atoms with van der Waals surface area (Å²) in [6, 6.07) is 0. The molecule has 0 aromatic rings. The Morgan fingerprint density at radius 3 is 1.70 bits per heavy atom. The molecule has 0 aromatic heterocycles. The van der Waals surface area contributed by atoms with Crippen molar-refractivity contribution >= 4 is 0 Å². The van der Waals surface area contributed by atoms with Gasteiger partial charge in [-0.1, -0.05) is 13.8 Å². The summed E-state index contributed by atoms with van der Waals surface area (Å²) in [7, 11) is 0. The normalized spacial score (nSPS) is 7.20. The third-order valence-electron chi connectivity index (χ3n) is 0.940. The number of aliphatic hydroxyl groups excluding tert-OH is 1. The van der Waals surface area contributed by atoms with E-state index in [1.807, 2.05) is 0 Å². The van der Waals surface area contributed by atoms with Crippen LogP contribution in [-0.4, -0.2) is 22.7 Å². The fourth-order valence-electron chi connectivity index (χ4n) is 0.500. The Kier molecular flexibility index (Phi) is 36.5. The summed E-state index contributed by atoms with van der Waals surface area (Å²) in [6.07, 6.45) is 2.11. The van der Waals surface area contributed by atoms with Crippen LogP contribution in [0.25, 0.3) is 0 Å². The summed E-state index contributed by atoms with van der Waals surface area (Å²) in [5.74, 6) is 0.743. The molecule has 4 heteroatoms. The molecular weight excluding hydrogens is 168 g/mol. The van der Waals surface area contributed by atoms with E-state index < -0.39 is 0 Å². The molecule has 0 amide bonds. The van der Waals surface area contributed by atoms with Crippen LogP contribution in [0.1, 0.15) is 26.7 Å². The third-order valence-corrected chi connectivity index (χ3v) is 0.940. The SMILES string of the molecule is CC(C)CCCO.O.O.[Ti]. The van der Waals surface area contributed by atoms with Crippen LogP contribution < -0.4 is 0 Å². The average molecular weight is 186 g/mol. The van der Waals surface area contributed by atoms with Crippen LogP contribution in [0.2, 0.25) is 0 Å². The fraction of sp³-hybridized carbons (Fsp3) is 1.00. The first kappa shape index (κ1) is 22.4. The molecule has 64 valence electrons. The molecule has 0 rings (SSSR count). The van der Waals surface area contributed by atoms with Crippen molar-refractivity contribution < 1.29 is 37.8 Å². The quantitative estimate of drug-likeness (QED) is 0.606. The standard InChI is InChI=1S/C6H14O.2H2O.Ti/c1-6(2)4-3-5-7;;;/h6-7H,3-5H2,1-2H3;2*1H2;. The van der Waals surface area contributed by atoms with Crippen molar-refractivity contribution in [2.24, 2.45) is 5.92 Å². The van der Waals surface area contributed by atoms with Gasteiger partial charge in [-0.15, -0.1) is 0 Å². The molecule has 0 fully saturated rings. The van der Waals surface area contributed by atoms with Gasteiger partial charge in [0.25, 0.3) is 0 Å². The van der Waals surface area contributed by atoms with E-state index in [2.05, 4.69) is 13.8 Å². The second-order valence-electron chi connectivity index (χ2n) is 2.26. The monoisotopic (exact) mass is 186 g/mol.